The Morgan fingerprint density at radius 1 is 1.05 bits per heavy atom. The first-order valence-electron chi connectivity index (χ1n) is 6.33. The zero-order valence-corrected chi connectivity index (χ0v) is 11.8. The lowest BCUT2D eigenvalue weighted by molar-refractivity contribution is -0.121. The van der Waals surface area contributed by atoms with Crippen molar-refractivity contribution in [2.24, 2.45) is 0 Å². The summed E-state index contributed by atoms with van der Waals surface area (Å²) in [6.45, 7) is 1.83. The first kappa shape index (κ1) is 14.5. The normalized spacial score (nSPS) is 13.6. The third-order valence-corrected chi connectivity index (χ3v) is 3.50. The summed E-state index contributed by atoms with van der Waals surface area (Å²) in [6, 6.07) is 14.9. The van der Waals surface area contributed by atoms with Crippen LogP contribution < -0.4 is 5.32 Å². The minimum atomic E-state index is -0.737. The molecule has 0 aromatic heterocycles. The molecule has 2 unspecified atom stereocenters. The van der Waals surface area contributed by atoms with E-state index in [4.69, 9.17) is 11.6 Å². The molecule has 0 spiro atoms. The molecule has 1 N–H and O–H groups in total. The maximum atomic E-state index is 12.9. The maximum Gasteiger partial charge on any atom is 0.243 e. The standard InChI is InChI=1S/C16H15ClFNO/c1-11(12-7-9-14(18)10-8-12)19-16(20)15(17)13-5-3-2-4-6-13/h2-11,15H,1H3,(H,19,20). The number of alkyl halides is 1. The fraction of sp³-hybridized carbons (Fsp3) is 0.188. The van der Waals surface area contributed by atoms with Crippen molar-refractivity contribution >= 4 is 17.5 Å². The number of hydrogen-bond acceptors (Lipinski definition) is 1. The van der Waals surface area contributed by atoms with E-state index in [0.29, 0.717) is 0 Å². The average Bonchev–Trinajstić information content (AvgIpc) is 2.48. The summed E-state index contributed by atoms with van der Waals surface area (Å²) in [7, 11) is 0. The summed E-state index contributed by atoms with van der Waals surface area (Å²) >= 11 is 6.14. The summed E-state index contributed by atoms with van der Waals surface area (Å²) in [5.41, 5.74) is 1.58. The summed E-state index contributed by atoms with van der Waals surface area (Å²) in [6.07, 6.45) is 0. The molecule has 0 bridgehead atoms. The van der Waals surface area contributed by atoms with Crippen LogP contribution in [0.15, 0.2) is 54.6 Å². The lowest BCUT2D eigenvalue weighted by Gasteiger charge is -2.17. The molecule has 20 heavy (non-hydrogen) atoms. The molecule has 2 nitrogen and oxygen atoms in total. The summed E-state index contributed by atoms with van der Waals surface area (Å²) in [5, 5.41) is 2.08. The molecule has 0 saturated heterocycles. The van der Waals surface area contributed by atoms with Gasteiger partial charge in [0, 0.05) is 0 Å². The molecule has 2 aromatic rings. The molecule has 2 rings (SSSR count). The molecule has 0 heterocycles. The molecule has 0 fully saturated rings. The Balaban J connectivity index is 2.02. The van der Waals surface area contributed by atoms with E-state index in [1.807, 2.05) is 25.1 Å². The second-order valence-corrected chi connectivity index (χ2v) is 4.99. The van der Waals surface area contributed by atoms with E-state index in [1.165, 1.54) is 12.1 Å². The lowest BCUT2D eigenvalue weighted by atomic mass is 10.1. The molecule has 104 valence electrons. The Kier molecular flexibility index (Phi) is 4.74. The molecule has 0 aliphatic rings. The molecule has 0 aliphatic carbocycles. The molecule has 2 aromatic carbocycles. The highest BCUT2D eigenvalue weighted by molar-refractivity contribution is 6.30. The minimum absolute atomic E-state index is 0.229. The number of carbonyl (C=O) groups excluding carboxylic acids is 1. The quantitative estimate of drug-likeness (QED) is 0.848. The van der Waals surface area contributed by atoms with Gasteiger partial charge >= 0.3 is 0 Å². The Hall–Kier alpha value is -1.87. The predicted octanol–water partition coefficient (Wildman–Crippen LogP) is 3.98. The second-order valence-electron chi connectivity index (χ2n) is 4.56. The fourth-order valence-electron chi connectivity index (χ4n) is 1.89. The van der Waals surface area contributed by atoms with Gasteiger partial charge in [-0.3, -0.25) is 4.79 Å². The average molecular weight is 292 g/mol. The molecular weight excluding hydrogens is 277 g/mol. The van der Waals surface area contributed by atoms with Gasteiger partial charge in [-0.05, 0) is 30.2 Å². The maximum absolute atomic E-state index is 12.9. The summed E-state index contributed by atoms with van der Waals surface area (Å²) < 4.78 is 12.9. The van der Waals surface area contributed by atoms with Gasteiger partial charge in [-0.25, -0.2) is 4.39 Å². The third kappa shape index (κ3) is 3.58. The molecule has 0 radical (unpaired) electrons. The smallest absolute Gasteiger partial charge is 0.243 e. The topological polar surface area (TPSA) is 29.1 Å². The molecular formula is C16H15ClFNO. The number of rotatable bonds is 4. The summed E-state index contributed by atoms with van der Waals surface area (Å²) in [5.74, 6) is -0.568. The van der Waals surface area contributed by atoms with Gasteiger partial charge in [0.05, 0.1) is 6.04 Å². The first-order valence-corrected chi connectivity index (χ1v) is 6.76. The molecule has 0 saturated carbocycles. The molecule has 0 aliphatic heterocycles. The van der Waals surface area contributed by atoms with Crippen LogP contribution in [0.1, 0.15) is 29.5 Å². The summed E-state index contributed by atoms with van der Waals surface area (Å²) in [4.78, 5) is 12.1. The zero-order chi connectivity index (χ0) is 14.5. The highest BCUT2D eigenvalue weighted by Gasteiger charge is 2.19. The Morgan fingerprint density at radius 3 is 2.25 bits per heavy atom. The van der Waals surface area contributed by atoms with Crippen LogP contribution in [0.2, 0.25) is 0 Å². The van der Waals surface area contributed by atoms with Gasteiger partial charge in [0.1, 0.15) is 11.2 Å². The van der Waals surface area contributed by atoms with Crippen molar-refractivity contribution in [1.82, 2.24) is 5.32 Å². The number of carbonyl (C=O) groups is 1. The van der Waals surface area contributed by atoms with Gasteiger partial charge in [0.2, 0.25) is 5.91 Å². The van der Waals surface area contributed by atoms with E-state index in [2.05, 4.69) is 5.32 Å². The monoisotopic (exact) mass is 291 g/mol. The van der Waals surface area contributed by atoms with E-state index >= 15 is 0 Å². The van der Waals surface area contributed by atoms with Gasteiger partial charge in [0.25, 0.3) is 0 Å². The van der Waals surface area contributed by atoms with Crippen molar-refractivity contribution in [1.29, 1.82) is 0 Å². The van der Waals surface area contributed by atoms with Crippen molar-refractivity contribution in [3.8, 4) is 0 Å². The number of halogens is 2. The van der Waals surface area contributed by atoms with Crippen LogP contribution in [0.3, 0.4) is 0 Å². The van der Waals surface area contributed by atoms with Crippen molar-refractivity contribution in [2.45, 2.75) is 18.3 Å². The second kappa shape index (κ2) is 6.53. The van der Waals surface area contributed by atoms with Crippen LogP contribution >= 0.6 is 11.6 Å². The zero-order valence-electron chi connectivity index (χ0n) is 11.0. The largest absolute Gasteiger partial charge is 0.348 e. The number of amides is 1. The van der Waals surface area contributed by atoms with E-state index in [-0.39, 0.29) is 17.8 Å². The van der Waals surface area contributed by atoms with Gasteiger partial charge in [-0.1, -0.05) is 42.5 Å². The first-order chi connectivity index (χ1) is 9.58. The minimum Gasteiger partial charge on any atom is -0.348 e. The number of nitrogens with one attached hydrogen (secondary N) is 1. The van der Waals surface area contributed by atoms with Gasteiger partial charge in [-0.2, -0.15) is 0 Å². The molecule has 4 heteroatoms. The van der Waals surface area contributed by atoms with Crippen molar-refractivity contribution in [3.63, 3.8) is 0 Å². The van der Waals surface area contributed by atoms with Crippen LogP contribution in [0.25, 0.3) is 0 Å². The lowest BCUT2D eigenvalue weighted by Crippen LogP contribution is -2.29. The van der Waals surface area contributed by atoms with Gasteiger partial charge in [-0.15, -0.1) is 11.6 Å². The van der Waals surface area contributed by atoms with E-state index in [1.54, 1.807) is 24.3 Å². The highest BCUT2D eigenvalue weighted by Crippen LogP contribution is 2.22. The Bertz CT molecular complexity index is 571. The van der Waals surface area contributed by atoms with Crippen LogP contribution in [0, 0.1) is 5.82 Å². The fourth-order valence-corrected chi connectivity index (χ4v) is 2.10. The van der Waals surface area contributed by atoms with E-state index in [9.17, 15) is 9.18 Å². The molecule has 2 atom stereocenters. The van der Waals surface area contributed by atoms with Crippen molar-refractivity contribution in [3.05, 3.63) is 71.5 Å². The van der Waals surface area contributed by atoms with Crippen LogP contribution in [-0.2, 0) is 4.79 Å². The Labute approximate surface area is 122 Å². The third-order valence-electron chi connectivity index (χ3n) is 3.05. The van der Waals surface area contributed by atoms with Crippen molar-refractivity contribution < 1.29 is 9.18 Å². The Morgan fingerprint density at radius 2 is 1.65 bits per heavy atom. The SMILES string of the molecule is CC(NC(=O)C(Cl)c1ccccc1)c1ccc(F)cc1. The van der Waals surface area contributed by atoms with Crippen LogP contribution in [0.4, 0.5) is 4.39 Å². The highest BCUT2D eigenvalue weighted by atomic mass is 35.5. The van der Waals surface area contributed by atoms with E-state index in [0.717, 1.165) is 11.1 Å². The van der Waals surface area contributed by atoms with Gasteiger partial charge in [0.15, 0.2) is 0 Å². The van der Waals surface area contributed by atoms with Crippen molar-refractivity contribution in [2.75, 3.05) is 0 Å². The molecule has 1 amide bonds. The van der Waals surface area contributed by atoms with Gasteiger partial charge < -0.3 is 5.32 Å². The van der Waals surface area contributed by atoms with Crippen LogP contribution in [0.5, 0.6) is 0 Å². The number of benzene rings is 2. The van der Waals surface area contributed by atoms with E-state index < -0.39 is 5.38 Å². The number of hydrogen-bond donors (Lipinski definition) is 1. The predicted molar refractivity (Wildman–Crippen MR) is 78.0 cm³/mol. The van der Waals surface area contributed by atoms with Crippen LogP contribution in [-0.4, -0.2) is 5.91 Å².